The first-order valence-electron chi connectivity index (χ1n) is 7.66. The van der Waals surface area contributed by atoms with E-state index in [1.165, 1.54) is 32.1 Å². The van der Waals surface area contributed by atoms with Crippen molar-refractivity contribution in [2.75, 3.05) is 13.2 Å². The van der Waals surface area contributed by atoms with Gasteiger partial charge < -0.3 is 9.47 Å². The summed E-state index contributed by atoms with van der Waals surface area (Å²) < 4.78 is 11.8. The van der Waals surface area contributed by atoms with Gasteiger partial charge in [-0.05, 0) is 44.2 Å². The van der Waals surface area contributed by atoms with Crippen molar-refractivity contribution in [1.82, 2.24) is 0 Å². The molecule has 0 spiro atoms. The average Bonchev–Trinajstić information content (AvgIpc) is 2.46. The highest BCUT2D eigenvalue weighted by atomic mass is 16.5. The van der Waals surface area contributed by atoms with E-state index in [1.807, 2.05) is 12.1 Å². The summed E-state index contributed by atoms with van der Waals surface area (Å²) in [6.07, 6.45) is 7.82. The Hall–Kier alpha value is -1.18. The van der Waals surface area contributed by atoms with E-state index >= 15 is 0 Å². The van der Waals surface area contributed by atoms with Gasteiger partial charge in [-0.2, -0.15) is 0 Å². The molecule has 19 heavy (non-hydrogen) atoms. The summed E-state index contributed by atoms with van der Waals surface area (Å²) in [5, 5.41) is 0. The van der Waals surface area contributed by atoms with Crippen LogP contribution in [0.4, 0.5) is 0 Å². The van der Waals surface area contributed by atoms with Crippen molar-refractivity contribution >= 4 is 0 Å². The molecule has 0 radical (unpaired) electrons. The van der Waals surface area contributed by atoms with Crippen molar-refractivity contribution in [2.24, 2.45) is 5.92 Å². The number of ether oxygens (including phenoxy) is 2. The van der Waals surface area contributed by atoms with Gasteiger partial charge in [0.05, 0.1) is 13.2 Å². The zero-order valence-corrected chi connectivity index (χ0v) is 12.3. The van der Waals surface area contributed by atoms with Crippen molar-refractivity contribution in [2.45, 2.75) is 52.4 Å². The molecule has 0 aromatic heterocycles. The minimum absolute atomic E-state index is 0.744. The second kappa shape index (κ2) is 7.42. The van der Waals surface area contributed by atoms with Crippen LogP contribution in [0.2, 0.25) is 0 Å². The largest absolute Gasteiger partial charge is 0.493 e. The smallest absolute Gasteiger partial charge is 0.125 e. The molecule has 1 aromatic rings. The number of rotatable bonds is 6. The lowest BCUT2D eigenvalue weighted by atomic mass is 9.90. The van der Waals surface area contributed by atoms with Crippen LogP contribution in [0.1, 0.15) is 51.0 Å². The van der Waals surface area contributed by atoms with E-state index in [1.54, 1.807) is 0 Å². The zero-order chi connectivity index (χ0) is 13.5. The third-order valence-electron chi connectivity index (χ3n) is 3.90. The summed E-state index contributed by atoms with van der Waals surface area (Å²) in [6, 6.07) is 6.10. The third kappa shape index (κ3) is 4.15. The minimum Gasteiger partial charge on any atom is -0.493 e. The van der Waals surface area contributed by atoms with E-state index in [0.717, 1.165) is 42.6 Å². The van der Waals surface area contributed by atoms with Crippen LogP contribution in [0.5, 0.6) is 11.5 Å². The van der Waals surface area contributed by atoms with Gasteiger partial charge in [0.2, 0.25) is 0 Å². The van der Waals surface area contributed by atoms with Gasteiger partial charge in [-0.1, -0.05) is 32.3 Å². The van der Waals surface area contributed by atoms with Gasteiger partial charge in [0.25, 0.3) is 0 Å². The van der Waals surface area contributed by atoms with Crippen LogP contribution in [0.25, 0.3) is 0 Å². The van der Waals surface area contributed by atoms with Crippen LogP contribution in [-0.4, -0.2) is 13.2 Å². The van der Waals surface area contributed by atoms with E-state index in [-0.39, 0.29) is 0 Å². The Labute approximate surface area is 117 Å². The molecule has 2 rings (SSSR count). The summed E-state index contributed by atoms with van der Waals surface area (Å²) in [6.45, 7) is 5.84. The van der Waals surface area contributed by atoms with E-state index in [4.69, 9.17) is 9.47 Å². The second-order valence-corrected chi connectivity index (χ2v) is 5.54. The molecule has 106 valence electrons. The first-order valence-corrected chi connectivity index (χ1v) is 7.66. The van der Waals surface area contributed by atoms with Crippen molar-refractivity contribution in [3.05, 3.63) is 23.8 Å². The van der Waals surface area contributed by atoms with Crippen LogP contribution < -0.4 is 9.47 Å². The molecule has 1 aromatic carbocycles. The predicted octanol–water partition coefficient (Wildman–Crippen LogP) is 4.74. The van der Waals surface area contributed by atoms with Gasteiger partial charge in [-0.3, -0.25) is 0 Å². The van der Waals surface area contributed by atoms with E-state index < -0.39 is 0 Å². The molecule has 1 fully saturated rings. The fraction of sp³-hybridized carbons (Fsp3) is 0.647. The molecule has 0 amide bonds. The molecule has 0 N–H and O–H groups in total. The molecule has 2 heteroatoms. The minimum atomic E-state index is 0.744. The third-order valence-corrected chi connectivity index (χ3v) is 3.90. The SMILES string of the molecule is CCCOc1cccc(OCC2CCCCC2)c1C. The maximum Gasteiger partial charge on any atom is 0.125 e. The van der Waals surface area contributed by atoms with Crippen LogP contribution in [0.15, 0.2) is 18.2 Å². The monoisotopic (exact) mass is 262 g/mol. The first-order chi connectivity index (χ1) is 9.31. The molecule has 1 aliphatic rings. The number of hydrogen-bond donors (Lipinski definition) is 0. The lowest BCUT2D eigenvalue weighted by molar-refractivity contribution is 0.206. The first kappa shape index (κ1) is 14.2. The van der Waals surface area contributed by atoms with E-state index in [2.05, 4.69) is 19.9 Å². The highest BCUT2D eigenvalue weighted by molar-refractivity contribution is 5.43. The van der Waals surface area contributed by atoms with Crippen LogP contribution in [0, 0.1) is 12.8 Å². The van der Waals surface area contributed by atoms with Gasteiger partial charge in [0, 0.05) is 5.56 Å². The van der Waals surface area contributed by atoms with E-state index in [9.17, 15) is 0 Å². The lowest BCUT2D eigenvalue weighted by Crippen LogP contribution is -2.15. The topological polar surface area (TPSA) is 18.5 Å². The fourth-order valence-electron chi connectivity index (χ4n) is 2.68. The van der Waals surface area contributed by atoms with Crippen LogP contribution in [0.3, 0.4) is 0 Å². The number of benzene rings is 1. The molecule has 1 saturated carbocycles. The molecular formula is C17H26O2. The van der Waals surface area contributed by atoms with Gasteiger partial charge in [-0.25, -0.2) is 0 Å². The lowest BCUT2D eigenvalue weighted by Gasteiger charge is -2.22. The standard InChI is InChI=1S/C17H26O2/c1-3-12-18-16-10-7-11-17(14(16)2)19-13-15-8-5-4-6-9-15/h7,10-11,15H,3-6,8-9,12-13H2,1-2H3. The fourth-order valence-corrected chi connectivity index (χ4v) is 2.68. The molecule has 0 aliphatic heterocycles. The Morgan fingerprint density at radius 1 is 1.05 bits per heavy atom. The van der Waals surface area contributed by atoms with Crippen molar-refractivity contribution < 1.29 is 9.47 Å². The Morgan fingerprint density at radius 2 is 1.74 bits per heavy atom. The highest BCUT2D eigenvalue weighted by Crippen LogP contribution is 2.29. The summed E-state index contributed by atoms with van der Waals surface area (Å²) in [4.78, 5) is 0. The van der Waals surface area contributed by atoms with E-state index in [0.29, 0.717) is 0 Å². The molecule has 0 unspecified atom stereocenters. The maximum absolute atomic E-state index is 6.02. The van der Waals surface area contributed by atoms with Crippen molar-refractivity contribution in [3.8, 4) is 11.5 Å². The second-order valence-electron chi connectivity index (χ2n) is 5.54. The molecular weight excluding hydrogens is 236 g/mol. The molecule has 0 heterocycles. The van der Waals surface area contributed by atoms with Gasteiger partial charge in [-0.15, -0.1) is 0 Å². The summed E-state index contributed by atoms with van der Waals surface area (Å²) in [7, 11) is 0. The Bertz CT molecular complexity index is 381. The van der Waals surface area contributed by atoms with Gasteiger partial charge in [0.15, 0.2) is 0 Å². The van der Waals surface area contributed by atoms with Crippen molar-refractivity contribution in [1.29, 1.82) is 0 Å². The Kier molecular flexibility index (Phi) is 5.56. The van der Waals surface area contributed by atoms with Crippen LogP contribution in [-0.2, 0) is 0 Å². The van der Waals surface area contributed by atoms with Gasteiger partial charge >= 0.3 is 0 Å². The summed E-state index contributed by atoms with van der Waals surface area (Å²) in [5.74, 6) is 2.69. The van der Waals surface area contributed by atoms with Crippen LogP contribution >= 0.6 is 0 Å². The highest BCUT2D eigenvalue weighted by Gasteiger charge is 2.15. The summed E-state index contributed by atoms with van der Waals surface area (Å²) in [5.41, 5.74) is 1.13. The molecule has 0 atom stereocenters. The molecule has 2 nitrogen and oxygen atoms in total. The van der Waals surface area contributed by atoms with Crippen molar-refractivity contribution in [3.63, 3.8) is 0 Å². The number of hydrogen-bond acceptors (Lipinski definition) is 2. The molecule has 0 saturated heterocycles. The summed E-state index contributed by atoms with van der Waals surface area (Å²) >= 11 is 0. The normalized spacial score (nSPS) is 16.3. The molecule has 1 aliphatic carbocycles. The average molecular weight is 262 g/mol. The quantitative estimate of drug-likeness (QED) is 0.737. The molecule has 0 bridgehead atoms. The Morgan fingerprint density at radius 3 is 2.42 bits per heavy atom. The zero-order valence-electron chi connectivity index (χ0n) is 12.3. The Balaban J connectivity index is 1.91. The maximum atomic E-state index is 6.02. The van der Waals surface area contributed by atoms with Gasteiger partial charge in [0.1, 0.15) is 11.5 Å². The predicted molar refractivity (Wildman–Crippen MR) is 79.0 cm³/mol.